The van der Waals surface area contributed by atoms with Crippen LogP contribution in [0.2, 0.25) is 5.02 Å². The van der Waals surface area contributed by atoms with Gasteiger partial charge >= 0.3 is 6.18 Å². The Kier molecular flexibility index (Phi) is 6.10. The van der Waals surface area contributed by atoms with Crippen molar-refractivity contribution >= 4 is 11.6 Å². The molecule has 0 fully saturated rings. The summed E-state index contributed by atoms with van der Waals surface area (Å²) in [6, 6.07) is 6.49. The van der Waals surface area contributed by atoms with Gasteiger partial charge in [-0.2, -0.15) is 13.2 Å². The minimum atomic E-state index is -4.23. The van der Waals surface area contributed by atoms with E-state index in [0.717, 1.165) is 0 Å². The lowest BCUT2D eigenvalue weighted by atomic mass is 10.0. The topological polar surface area (TPSA) is 35.2 Å². The van der Waals surface area contributed by atoms with Gasteiger partial charge in [0.25, 0.3) is 0 Å². The van der Waals surface area contributed by atoms with Crippen LogP contribution < -0.4 is 5.73 Å². The molecule has 108 valence electrons. The molecule has 1 aromatic rings. The first-order valence-corrected chi connectivity index (χ1v) is 6.41. The second-order valence-corrected chi connectivity index (χ2v) is 4.66. The minimum Gasteiger partial charge on any atom is -0.371 e. The lowest BCUT2D eigenvalue weighted by molar-refractivity contribution is -0.150. The van der Waals surface area contributed by atoms with E-state index >= 15 is 0 Å². The quantitative estimate of drug-likeness (QED) is 0.858. The molecule has 0 spiro atoms. The zero-order valence-electron chi connectivity index (χ0n) is 10.6. The second kappa shape index (κ2) is 7.12. The molecule has 2 nitrogen and oxygen atoms in total. The van der Waals surface area contributed by atoms with Gasteiger partial charge in [0.15, 0.2) is 0 Å². The molecule has 19 heavy (non-hydrogen) atoms. The molecule has 2 atom stereocenters. The summed E-state index contributed by atoms with van der Waals surface area (Å²) in [6.45, 7) is 1.43. The van der Waals surface area contributed by atoms with Gasteiger partial charge < -0.3 is 10.5 Å². The molecule has 0 amide bonds. The van der Waals surface area contributed by atoms with E-state index in [0.29, 0.717) is 17.0 Å². The Bertz CT molecular complexity index is 398. The van der Waals surface area contributed by atoms with Crippen LogP contribution in [-0.2, 0) is 4.74 Å². The number of alkyl halides is 3. The highest BCUT2D eigenvalue weighted by atomic mass is 35.5. The van der Waals surface area contributed by atoms with E-state index in [1.807, 2.05) is 6.92 Å². The summed E-state index contributed by atoms with van der Waals surface area (Å²) in [5, 5.41) is 0.448. The summed E-state index contributed by atoms with van der Waals surface area (Å²) in [6.07, 6.45) is -5.27. The average Bonchev–Trinajstić information content (AvgIpc) is 2.34. The fraction of sp³-hybridized carbons (Fsp3) is 0.538. The van der Waals surface area contributed by atoms with Crippen LogP contribution >= 0.6 is 11.6 Å². The van der Waals surface area contributed by atoms with E-state index in [2.05, 4.69) is 0 Å². The third-order valence-corrected chi connectivity index (χ3v) is 3.10. The highest BCUT2D eigenvalue weighted by Crippen LogP contribution is 2.29. The first-order chi connectivity index (χ1) is 8.85. The van der Waals surface area contributed by atoms with Gasteiger partial charge in [0, 0.05) is 16.6 Å². The van der Waals surface area contributed by atoms with Crippen LogP contribution in [0.4, 0.5) is 13.2 Å². The van der Waals surface area contributed by atoms with Crippen molar-refractivity contribution in [1.29, 1.82) is 0 Å². The predicted octanol–water partition coefficient (Wildman–Crippen LogP) is 4.09. The highest BCUT2D eigenvalue weighted by molar-refractivity contribution is 6.31. The molecule has 0 bridgehead atoms. The third-order valence-electron chi connectivity index (χ3n) is 2.75. The van der Waals surface area contributed by atoms with Crippen molar-refractivity contribution in [3.8, 4) is 0 Å². The van der Waals surface area contributed by atoms with Crippen molar-refractivity contribution in [3.63, 3.8) is 0 Å². The summed E-state index contributed by atoms with van der Waals surface area (Å²) in [4.78, 5) is 0. The normalized spacial score (nSPS) is 15.3. The fourth-order valence-electron chi connectivity index (χ4n) is 1.67. The zero-order chi connectivity index (χ0) is 14.5. The molecule has 0 radical (unpaired) electrons. The Morgan fingerprint density at radius 1 is 1.32 bits per heavy atom. The van der Waals surface area contributed by atoms with Gasteiger partial charge in [0.1, 0.15) is 0 Å². The molecule has 0 aliphatic heterocycles. The number of hydrogen-bond donors (Lipinski definition) is 1. The standard InChI is InChI=1S/C13H17ClF3NO/c1-2-11(18)12(19-8-7-13(15,16)17)9-5-3-4-6-10(9)14/h3-6,11-12H,2,7-8,18H2,1H3. The van der Waals surface area contributed by atoms with Gasteiger partial charge in [-0.15, -0.1) is 0 Å². The lowest BCUT2D eigenvalue weighted by Gasteiger charge is -2.25. The minimum absolute atomic E-state index is 0.395. The molecule has 0 heterocycles. The van der Waals surface area contributed by atoms with Crippen LogP contribution in [-0.4, -0.2) is 18.8 Å². The van der Waals surface area contributed by atoms with Gasteiger partial charge in [-0.1, -0.05) is 36.7 Å². The van der Waals surface area contributed by atoms with Crippen molar-refractivity contribution in [2.24, 2.45) is 5.73 Å². The van der Waals surface area contributed by atoms with Gasteiger partial charge in [-0.25, -0.2) is 0 Å². The molecule has 0 aliphatic rings. The van der Waals surface area contributed by atoms with Crippen LogP contribution in [0.15, 0.2) is 24.3 Å². The van der Waals surface area contributed by atoms with Crippen molar-refractivity contribution in [2.45, 2.75) is 38.1 Å². The number of nitrogens with two attached hydrogens (primary N) is 1. The van der Waals surface area contributed by atoms with Gasteiger partial charge in [-0.05, 0) is 12.5 Å². The first kappa shape index (κ1) is 16.3. The van der Waals surface area contributed by atoms with E-state index in [-0.39, 0.29) is 0 Å². The van der Waals surface area contributed by atoms with E-state index in [4.69, 9.17) is 22.1 Å². The maximum absolute atomic E-state index is 12.1. The third kappa shape index (κ3) is 5.38. The maximum Gasteiger partial charge on any atom is 0.391 e. The molecule has 6 heteroatoms. The van der Waals surface area contributed by atoms with Crippen LogP contribution in [0.25, 0.3) is 0 Å². The Morgan fingerprint density at radius 2 is 1.95 bits per heavy atom. The fourth-order valence-corrected chi connectivity index (χ4v) is 1.91. The summed E-state index contributed by atoms with van der Waals surface area (Å²) in [7, 11) is 0. The Hall–Kier alpha value is -0.780. The molecule has 0 aliphatic carbocycles. The zero-order valence-corrected chi connectivity index (χ0v) is 11.3. The van der Waals surface area contributed by atoms with Crippen molar-refractivity contribution in [3.05, 3.63) is 34.9 Å². The lowest BCUT2D eigenvalue weighted by Crippen LogP contribution is -2.30. The van der Waals surface area contributed by atoms with E-state index < -0.39 is 31.3 Å². The molecule has 1 rings (SSSR count). The van der Waals surface area contributed by atoms with Gasteiger partial charge in [0.2, 0.25) is 0 Å². The maximum atomic E-state index is 12.1. The molecule has 2 unspecified atom stereocenters. The number of rotatable bonds is 6. The molecular weight excluding hydrogens is 279 g/mol. The van der Waals surface area contributed by atoms with E-state index in [9.17, 15) is 13.2 Å². The van der Waals surface area contributed by atoms with Crippen LogP contribution in [0.1, 0.15) is 31.4 Å². The summed E-state index contributed by atoms with van der Waals surface area (Å²) < 4.78 is 41.7. The van der Waals surface area contributed by atoms with Gasteiger partial charge in [0.05, 0.1) is 19.1 Å². The number of ether oxygens (including phenoxy) is 1. The summed E-state index contributed by atoms with van der Waals surface area (Å²) in [5.41, 5.74) is 6.53. The Balaban J connectivity index is 2.76. The molecular formula is C13H17ClF3NO. The monoisotopic (exact) mass is 295 g/mol. The SMILES string of the molecule is CCC(N)C(OCCC(F)(F)F)c1ccccc1Cl. The summed E-state index contributed by atoms with van der Waals surface area (Å²) >= 11 is 6.03. The van der Waals surface area contributed by atoms with E-state index in [1.165, 1.54) is 0 Å². The first-order valence-electron chi connectivity index (χ1n) is 6.03. The predicted molar refractivity (Wildman–Crippen MR) is 69.1 cm³/mol. The Morgan fingerprint density at radius 3 is 2.47 bits per heavy atom. The van der Waals surface area contributed by atoms with Crippen molar-refractivity contribution < 1.29 is 17.9 Å². The number of benzene rings is 1. The van der Waals surface area contributed by atoms with Crippen LogP contribution in [0.5, 0.6) is 0 Å². The number of halogens is 4. The van der Waals surface area contributed by atoms with Crippen LogP contribution in [0.3, 0.4) is 0 Å². The molecule has 0 aromatic heterocycles. The highest BCUT2D eigenvalue weighted by Gasteiger charge is 2.28. The van der Waals surface area contributed by atoms with Crippen LogP contribution in [0, 0.1) is 0 Å². The molecule has 1 aromatic carbocycles. The molecule has 0 saturated heterocycles. The van der Waals surface area contributed by atoms with Crippen molar-refractivity contribution in [1.82, 2.24) is 0 Å². The second-order valence-electron chi connectivity index (χ2n) is 4.25. The van der Waals surface area contributed by atoms with Crippen molar-refractivity contribution in [2.75, 3.05) is 6.61 Å². The largest absolute Gasteiger partial charge is 0.391 e. The molecule has 0 saturated carbocycles. The Labute approximate surface area is 115 Å². The average molecular weight is 296 g/mol. The van der Waals surface area contributed by atoms with Gasteiger partial charge in [-0.3, -0.25) is 0 Å². The summed E-state index contributed by atoms with van der Waals surface area (Å²) in [5.74, 6) is 0. The smallest absolute Gasteiger partial charge is 0.371 e. The van der Waals surface area contributed by atoms with E-state index in [1.54, 1.807) is 24.3 Å². The molecule has 2 N–H and O–H groups in total. The number of hydrogen-bond acceptors (Lipinski definition) is 2.